The van der Waals surface area contributed by atoms with Crippen molar-refractivity contribution in [3.8, 4) is 28.6 Å². The Bertz CT molecular complexity index is 1140. The van der Waals surface area contributed by atoms with Crippen molar-refractivity contribution >= 4 is 23.4 Å². The highest BCUT2D eigenvalue weighted by Gasteiger charge is 2.36. The zero-order valence-electron chi connectivity index (χ0n) is 16.4. The van der Waals surface area contributed by atoms with Crippen molar-refractivity contribution in [2.75, 3.05) is 17.9 Å². The molecule has 0 aliphatic carbocycles. The highest BCUT2D eigenvalue weighted by molar-refractivity contribution is 7.98. The number of benzene rings is 2. The monoisotopic (exact) mass is 422 g/mol. The summed E-state index contributed by atoms with van der Waals surface area (Å²) >= 11 is 1.37. The number of aromatic nitrogens is 3. The molecular weight excluding hydrogens is 404 g/mol. The van der Waals surface area contributed by atoms with Gasteiger partial charge in [-0.15, -0.1) is 10.2 Å². The van der Waals surface area contributed by atoms with Gasteiger partial charge in [0.05, 0.1) is 5.69 Å². The SMILES string of the molecule is CCC(=O)N1c2ccccc2-c2nnc(SC)nc2O[C@H]1c1ccc2c(c1)OCO2. The molecule has 8 nitrogen and oxygen atoms in total. The van der Waals surface area contributed by atoms with Crippen LogP contribution in [0.2, 0.25) is 0 Å². The van der Waals surface area contributed by atoms with Gasteiger partial charge in [0.15, 0.2) is 17.2 Å². The molecule has 3 aromatic rings. The predicted octanol–water partition coefficient (Wildman–Crippen LogP) is 3.82. The number of ether oxygens (including phenoxy) is 3. The van der Waals surface area contributed by atoms with Crippen LogP contribution in [0.1, 0.15) is 25.1 Å². The van der Waals surface area contributed by atoms with Crippen LogP contribution in [-0.2, 0) is 4.79 Å². The number of nitrogens with zero attached hydrogens (tertiary/aromatic N) is 4. The second-order valence-electron chi connectivity index (χ2n) is 6.67. The van der Waals surface area contributed by atoms with Crippen molar-refractivity contribution in [3.63, 3.8) is 0 Å². The Labute approximate surface area is 177 Å². The summed E-state index contributed by atoms with van der Waals surface area (Å²) in [6.07, 6.45) is 1.43. The Morgan fingerprint density at radius 2 is 2.00 bits per heavy atom. The first-order valence-electron chi connectivity index (χ1n) is 9.46. The summed E-state index contributed by atoms with van der Waals surface area (Å²) in [6.45, 7) is 1.99. The lowest BCUT2D eigenvalue weighted by atomic mass is 10.1. The minimum Gasteiger partial charge on any atom is -0.454 e. The van der Waals surface area contributed by atoms with Crippen molar-refractivity contribution in [3.05, 3.63) is 48.0 Å². The second kappa shape index (κ2) is 7.49. The number of rotatable bonds is 3. The Balaban J connectivity index is 1.73. The predicted molar refractivity (Wildman–Crippen MR) is 111 cm³/mol. The van der Waals surface area contributed by atoms with Gasteiger partial charge < -0.3 is 14.2 Å². The van der Waals surface area contributed by atoms with E-state index in [-0.39, 0.29) is 12.7 Å². The van der Waals surface area contributed by atoms with Gasteiger partial charge in [0.2, 0.25) is 30.0 Å². The van der Waals surface area contributed by atoms with Gasteiger partial charge >= 0.3 is 0 Å². The fourth-order valence-corrected chi connectivity index (χ4v) is 3.82. The minimum atomic E-state index is -0.749. The number of carbonyl (C=O) groups excluding carboxylic acids is 1. The summed E-state index contributed by atoms with van der Waals surface area (Å²) in [5, 5.41) is 9.02. The van der Waals surface area contributed by atoms with Crippen LogP contribution in [0, 0.1) is 0 Å². The molecule has 0 saturated carbocycles. The quantitative estimate of drug-likeness (QED) is 0.589. The Morgan fingerprint density at radius 1 is 1.17 bits per heavy atom. The van der Waals surface area contributed by atoms with E-state index >= 15 is 0 Å². The molecule has 1 amide bonds. The standard InChI is InChI=1S/C21H18N4O4S/c1-3-17(26)25-14-7-5-4-6-13(14)18-19(22-21(30-2)24-23-18)29-20(25)12-8-9-15-16(10-12)28-11-27-15/h4-10,20H,3,11H2,1-2H3/t20-/m0/s1. The van der Waals surface area contributed by atoms with Gasteiger partial charge in [0.1, 0.15) is 0 Å². The molecule has 2 aromatic carbocycles. The van der Waals surface area contributed by atoms with Crippen molar-refractivity contribution in [1.82, 2.24) is 15.2 Å². The third-order valence-electron chi connectivity index (χ3n) is 4.95. The van der Waals surface area contributed by atoms with Crippen molar-refractivity contribution in [2.24, 2.45) is 0 Å². The Morgan fingerprint density at radius 3 is 2.83 bits per heavy atom. The number of hydrogen-bond donors (Lipinski definition) is 0. The van der Waals surface area contributed by atoms with Crippen molar-refractivity contribution in [1.29, 1.82) is 0 Å². The largest absolute Gasteiger partial charge is 0.454 e. The Hall–Kier alpha value is -3.33. The van der Waals surface area contributed by atoms with Gasteiger partial charge in [-0.1, -0.05) is 36.9 Å². The van der Waals surface area contributed by atoms with Crippen LogP contribution >= 0.6 is 11.8 Å². The van der Waals surface area contributed by atoms with Gasteiger partial charge in [0.25, 0.3) is 0 Å². The zero-order chi connectivity index (χ0) is 20.7. The van der Waals surface area contributed by atoms with E-state index < -0.39 is 6.23 Å². The molecular formula is C21H18N4O4S. The smallest absolute Gasteiger partial charge is 0.247 e. The summed E-state index contributed by atoms with van der Waals surface area (Å²) in [4.78, 5) is 19.3. The highest BCUT2D eigenvalue weighted by Crippen LogP contribution is 2.45. The average molecular weight is 422 g/mol. The van der Waals surface area contributed by atoms with Crippen LogP contribution < -0.4 is 19.1 Å². The molecule has 0 unspecified atom stereocenters. The fraction of sp³-hybridized carbons (Fsp3) is 0.238. The molecule has 0 N–H and O–H groups in total. The number of thioether (sulfide) groups is 1. The maximum atomic E-state index is 13.1. The number of carbonyl (C=O) groups is 1. The molecule has 30 heavy (non-hydrogen) atoms. The summed E-state index contributed by atoms with van der Waals surface area (Å²) in [7, 11) is 0. The molecule has 3 heterocycles. The minimum absolute atomic E-state index is 0.0871. The topological polar surface area (TPSA) is 86.7 Å². The van der Waals surface area contributed by atoms with Crippen LogP contribution in [0.25, 0.3) is 11.3 Å². The van der Waals surface area contributed by atoms with E-state index in [1.807, 2.05) is 55.6 Å². The van der Waals surface area contributed by atoms with E-state index in [9.17, 15) is 4.79 Å². The number of anilines is 1. The Kier molecular flexibility index (Phi) is 4.66. The van der Waals surface area contributed by atoms with Crippen molar-refractivity contribution in [2.45, 2.75) is 24.7 Å². The van der Waals surface area contributed by atoms with E-state index in [0.717, 1.165) is 11.1 Å². The lowest BCUT2D eigenvalue weighted by molar-refractivity contribution is -0.120. The van der Waals surface area contributed by atoms with Crippen LogP contribution in [-0.4, -0.2) is 34.1 Å². The third kappa shape index (κ3) is 3.02. The van der Waals surface area contributed by atoms with Crippen LogP contribution in [0.3, 0.4) is 0 Å². The first-order chi connectivity index (χ1) is 14.7. The third-order valence-corrected chi connectivity index (χ3v) is 5.49. The number of fused-ring (bicyclic) bond motifs is 4. The molecule has 0 spiro atoms. The van der Waals surface area contributed by atoms with Gasteiger partial charge in [-0.3, -0.25) is 9.69 Å². The van der Waals surface area contributed by atoms with Gasteiger partial charge in [-0.05, 0) is 30.5 Å². The summed E-state index contributed by atoms with van der Waals surface area (Å²) < 4.78 is 17.3. The molecule has 0 fully saturated rings. The molecule has 0 saturated heterocycles. The maximum Gasteiger partial charge on any atom is 0.247 e. The van der Waals surface area contributed by atoms with Gasteiger partial charge in [-0.25, -0.2) is 0 Å². The number of amides is 1. The normalized spacial score (nSPS) is 16.3. The maximum absolute atomic E-state index is 13.1. The fourth-order valence-electron chi connectivity index (χ4n) is 3.52. The zero-order valence-corrected chi connectivity index (χ0v) is 17.2. The molecule has 152 valence electrons. The van der Waals surface area contributed by atoms with Gasteiger partial charge in [-0.2, -0.15) is 4.98 Å². The van der Waals surface area contributed by atoms with E-state index in [4.69, 9.17) is 14.2 Å². The van der Waals surface area contributed by atoms with Gasteiger partial charge in [0, 0.05) is 17.5 Å². The lowest BCUT2D eigenvalue weighted by Crippen LogP contribution is -2.37. The van der Waals surface area contributed by atoms with E-state index in [0.29, 0.717) is 40.3 Å². The second-order valence-corrected chi connectivity index (χ2v) is 7.44. The van der Waals surface area contributed by atoms with E-state index in [1.54, 1.807) is 4.90 Å². The van der Waals surface area contributed by atoms with Crippen molar-refractivity contribution < 1.29 is 19.0 Å². The number of para-hydroxylation sites is 1. The van der Waals surface area contributed by atoms with E-state index in [2.05, 4.69) is 15.2 Å². The molecule has 9 heteroatoms. The average Bonchev–Trinajstić information content (AvgIpc) is 3.21. The van der Waals surface area contributed by atoms with E-state index in [1.165, 1.54) is 11.8 Å². The first kappa shape index (κ1) is 18.7. The molecule has 1 atom stereocenters. The lowest BCUT2D eigenvalue weighted by Gasteiger charge is -2.30. The van der Waals surface area contributed by atoms with Crippen LogP contribution in [0.4, 0.5) is 5.69 Å². The molecule has 0 bridgehead atoms. The molecule has 2 aliphatic rings. The van der Waals surface area contributed by atoms with Crippen LogP contribution in [0.5, 0.6) is 17.4 Å². The summed E-state index contributed by atoms with van der Waals surface area (Å²) in [5.41, 5.74) is 2.68. The summed E-state index contributed by atoms with van der Waals surface area (Å²) in [5.74, 6) is 1.52. The molecule has 5 rings (SSSR count). The number of hydrogen-bond acceptors (Lipinski definition) is 8. The highest BCUT2D eigenvalue weighted by atomic mass is 32.2. The van der Waals surface area contributed by atoms with Crippen LogP contribution in [0.15, 0.2) is 47.6 Å². The molecule has 1 aromatic heterocycles. The molecule has 0 radical (unpaired) electrons. The summed E-state index contributed by atoms with van der Waals surface area (Å²) in [6, 6.07) is 13.1. The molecule has 2 aliphatic heterocycles. The first-order valence-corrected chi connectivity index (χ1v) is 10.7.